The van der Waals surface area contributed by atoms with Gasteiger partial charge in [-0.3, -0.25) is 9.20 Å². The number of fused-ring (bicyclic) bond motifs is 1. The number of hydrogen-bond acceptors (Lipinski definition) is 4. The molecule has 0 N–H and O–H groups in total. The third kappa shape index (κ3) is 4.22. The molecule has 0 saturated carbocycles. The molecule has 148 valence electrons. The highest BCUT2D eigenvalue weighted by molar-refractivity contribution is 7.98. The average Bonchev–Trinajstić information content (AvgIpc) is 3.12. The Balaban J connectivity index is 1.85. The first kappa shape index (κ1) is 20.4. The summed E-state index contributed by atoms with van der Waals surface area (Å²) in [6, 6.07) is 6.52. The van der Waals surface area contributed by atoms with Gasteiger partial charge in [0.2, 0.25) is 5.65 Å². The Morgan fingerprint density at radius 3 is 2.61 bits per heavy atom. The molecule has 2 heterocycles. The van der Waals surface area contributed by atoms with E-state index in [4.69, 9.17) is 0 Å². The summed E-state index contributed by atoms with van der Waals surface area (Å²) in [5, 5.41) is 9.19. The van der Waals surface area contributed by atoms with Crippen molar-refractivity contribution in [3.63, 3.8) is 0 Å². The zero-order valence-corrected chi connectivity index (χ0v) is 17.9. The maximum absolute atomic E-state index is 12.7. The normalized spacial score (nSPS) is 12.1. The van der Waals surface area contributed by atoms with Crippen LogP contribution in [0.4, 0.5) is 0 Å². The van der Waals surface area contributed by atoms with Crippen LogP contribution in [0.2, 0.25) is 0 Å². The second-order valence-corrected chi connectivity index (χ2v) is 7.86. The fraction of sp³-hybridized carbons (Fsp3) is 0.409. The van der Waals surface area contributed by atoms with E-state index in [2.05, 4.69) is 55.2 Å². The maximum atomic E-state index is 12.7. The molecule has 0 amide bonds. The number of benzene rings is 1. The van der Waals surface area contributed by atoms with Gasteiger partial charge in [-0.05, 0) is 42.9 Å². The molecule has 0 saturated heterocycles. The molecule has 3 rings (SSSR count). The highest BCUT2D eigenvalue weighted by Gasteiger charge is 2.13. The molecule has 5 nitrogen and oxygen atoms in total. The van der Waals surface area contributed by atoms with Gasteiger partial charge in [0.15, 0.2) is 5.16 Å². The predicted octanol–water partition coefficient (Wildman–Crippen LogP) is 4.66. The van der Waals surface area contributed by atoms with Gasteiger partial charge in [-0.25, -0.2) is 0 Å². The lowest BCUT2D eigenvalue weighted by Gasteiger charge is -2.12. The molecule has 2 aromatic heterocycles. The maximum Gasteiger partial charge on any atom is 0.296 e. The van der Waals surface area contributed by atoms with Gasteiger partial charge in [-0.1, -0.05) is 62.4 Å². The van der Waals surface area contributed by atoms with Crippen molar-refractivity contribution in [2.75, 3.05) is 0 Å². The van der Waals surface area contributed by atoms with Gasteiger partial charge in [0.05, 0.1) is 0 Å². The first-order valence-corrected chi connectivity index (χ1v) is 10.9. The Bertz CT molecular complexity index is 1050. The van der Waals surface area contributed by atoms with Crippen LogP contribution in [0.25, 0.3) is 5.65 Å². The number of thioether (sulfide) groups is 1. The van der Waals surface area contributed by atoms with Gasteiger partial charge in [-0.15, -0.1) is 10.2 Å². The van der Waals surface area contributed by atoms with Gasteiger partial charge < -0.3 is 4.57 Å². The van der Waals surface area contributed by atoms with E-state index >= 15 is 0 Å². The van der Waals surface area contributed by atoms with E-state index in [-0.39, 0.29) is 5.56 Å². The summed E-state index contributed by atoms with van der Waals surface area (Å²) in [5.41, 5.74) is 5.61. The van der Waals surface area contributed by atoms with Crippen molar-refractivity contribution in [2.24, 2.45) is 0 Å². The van der Waals surface area contributed by atoms with Crippen molar-refractivity contribution in [2.45, 2.75) is 64.4 Å². The van der Waals surface area contributed by atoms with Crippen molar-refractivity contribution in [1.29, 1.82) is 0 Å². The number of aryl methyl sites for hydroxylation is 1. The Kier molecular flexibility index (Phi) is 6.73. The van der Waals surface area contributed by atoms with Crippen LogP contribution in [-0.2, 0) is 25.1 Å². The van der Waals surface area contributed by atoms with E-state index in [9.17, 15) is 4.79 Å². The molecular weight excluding hydrogens is 368 g/mol. The van der Waals surface area contributed by atoms with Gasteiger partial charge in [0.1, 0.15) is 0 Å². The van der Waals surface area contributed by atoms with Crippen LogP contribution in [0.15, 0.2) is 52.2 Å². The standard InChI is InChI=1S/C22H28N4OS/c1-5-9-16(4)14-25-12-13-26-20(21(25)27)23-24-22(26)28-15-18-11-8-10-17(6-2)19(18)7-3/h8-13H,5-7,14-15H2,1-4H3/b16-9+. The largest absolute Gasteiger partial charge is 0.307 e. The van der Waals surface area contributed by atoms with Crippen LogP contribution in [-0.4, -0.2) is 19.2 Å². The van der Waals surface area contributed by atoms with Crippen LogP contribution in [0.3, 0.4) is 0 Å². The fourth-order valence-electron chi connectivity index (χ4n) is 3.56. The third-order valence-electron chi connectivity index (χ3n) is 4.95. The lowest BCUT2D eigenvalue weighted by molar-refractivity contribution is 0.731. The fourth-order valence-corrected chi connectivity index (χ4v) is 4.50. The van der Waals surface area contributed by atoms with Gasteiger partial charge in [-0.2, -0.15) is 0 Å². The van der Waals surface area contributed by atoms with E-state index in [0.717, 1.165) is 30.2 Å². The smallest absolute Gasteiger partial charge is 0.296 e. The number of allylic oxidation sites excluding steroid dienone is 2. The molecule has 0 aliphatic heterocycles. The van der Waals surface area contributed by atoms with Gasteiger partial charge >= 0.3 is 0 Å². The number of hydrogen-bond donors (Lipinski definition) is 0. The van der Waals surface area contributed by atoms with E-state index < -0.39 is 0 Å². The quantitative estimate of drug-likeness (QED) is 0.410. The molecule has 28 heavy (non-hydrogen) atoms. The summed E-state index contributed by atoms with van der Waals surface area (Å²) in [6.07, 6.45) is 8.88. The highest BCUT2D eigenvalue weighted by atomic mass is 32.2. The lowest BCUT2D eigenvalue weighted by Crippen LogP contribution is -2.22. The molecule has 0 spiro atoms. The minimum absolute atomic E-state index is 0.104. The number of rotatable bonds is 8. The van der Waals surface area contributed by atoms with Crippen LogP contribution in [0.1, 0.15) is 50.8 Å². The van der Waals surface area contributed by atoms with E-state index in [0.29, 0.717) is 12.2 Å². The zero-order chi connectivity index (χ0) is 20.1. The lowest BCUT2D eigenvalue weighted by atomic mass is 9.98. The molecule has 0 bridgehead atoms. The number of nitrogens with zero attached hydrogens (tertiary/aromatic N) is 4. The molecule has 6 heteroatoms. The number of aromatic nitrogens is 4. The van der Waals surface area contributed by atoms with Gasteiger partial charge in [0, 0.05) is 24.7 Å². The first-order valence-electron chi connectivity index (χ1n) is 9.91. The van der Waals surface area contributed by atoms with Crippen molar-refractivity contribution in [3.05, 3.63) is 69.3 Å². The molecule has 0 aliphatic carbocycles. The van der Waals surface area contributed by atoms with Gasteiger partial charge in [0.25, 0.3) is 5.56 Å². The summed E-state index contributed by atoms with van der Waals surface area (Å²) < 4.78 is 3.50. The minimum Gasteiger partial charge on any atom is -0.307 e. The summed E-state index contributed by atoms with van der Waals surface area (Å²) in [4.78, 5) is 12.7. The minimum atomic E-state index is -0.104. The summed E-state index contributed by atoms with van der Waals surface area (Å²) in [7, 11) is 0. The Hall–Kier alpha value is -2.34. The molecule has 3 aromatic rings. The zero-order valence-electron chi connectivity index (χ0n) is 17.1. The summed E-state index contributed by atoms with van der Waals surface area (Å²) in [6.45, 7) is 9.12. The van der Waals surface area contributed by atoms with E-state index in [1.807, 2.05) is 19.3 Å². The SMILES string of the molecule is CC/C=C(\C)Cn1ccn2c(SCc3cccc(CC)c3CC)nnc2c1=O. The van der Waals surface area contributed by atoms with Crippen LogP contribution in [0.5, 0.6) is 0 Å². The molecule has 0 atom stereocenters. The summed E-state index contributed by atoms with van der Waals surface area (Å²) >= 11 is 1.62. The molecule has 0 unspecified atom stereocenters. The second-order valence-electron chi connectivity index (χ2n) is 6.92. The average molecular weight is 397 g/mol. The third-order valence-corrected chi connectivity index (χ3v) is 5.94. The van der Waals surface area contributed by atoms with E-state index in [1.165, 1.54) is 22.3 Å². The van der Waals surface area contributed by atoms with E-state index in [1.54, 1.807) is 20.7 Å². The Morgan fingerprint density at radius 2 is 1.89 bits per heavy atom. The topological polar surface area (TPSA) is 52.2 Å². The van der Waals surface area contributed by atoms with Crippen LogP contribution in [0, 0.1) is 0 Å². The second kappa shape index (κ2) is 9.24. The van der Waals surface area contributed by atoms with Crippen molar-refractivity contribution in [1.82, 2.24) is 19.2 Å². The Labute approximate surface area is 170 Å². The van der Waals surface area contributed by atoms with Crippen LogP contribution >= 0.6 is 11.8 Å². The first-order chi connectivity index (χ1) is 13.6. The highest BCUT2D eigenvalue weighted by Crippen LogP contribution is 2.25. The van der Waals surface area contributed by atoms with Crippen LogP contribution < -0.4 is 5.56 Å². The monoisotopic (exact) mass is 396 g/mol. The summed E-state index contributed by atoms with van der Waals surface area (Å²) in [5.74, 6) is 0.819. The van der Waals surface area contributed by atoms with Crippen molar-refractivity contribution in [3.8, 4) is 0 Å². The molecule has 1 aromatic carbocycles. The van der Waals surface area contributed by atoms with Crippen molar-refractivity contribution < 1.29 is 0 Å². The molecular formula is C22H28N4OS. The molecule has 0 fully saturated rings. The molecule has 0 aliphatic rings. The van der Waals surface area contributed by atoms with Crippen molar-refractivity contribution >= 4 is 17.4 Å². The Morgan fingerprint density at radius 1 is 1.11 bits per heavy atom. The predicted molar refractivity (Wildman–Crippen MR) is 116 cm³/mol. The molecule has 0 radical (unpaired) electrons.